The molecule has 2 amide bonds. The minimum absolute atomic E-state index is 0.198. The van der Waals surface area contributed by atoms with Gasteiger partial charge in [-0.15, -0.1) is 0 Å². The molecule has 1 aromatic heterocycles. The number of aromatic nitrogens is 1. The van der Waals surface area contributed by atoms with Crippen LogP contribution in [0.1, 0.15) is 4.88 Å². The molecule has 0 aromatic carbocycles. The third-order valence-corrected chi connectivity index (χ3v) is 1.85. The summed E-state index contributed by atoms with van der Waals surface area (Å²) >= 11 is 1.19. The number of carbonyl (C=O) groups is 1. The van der Waals surface area contributed by atoms with Crippen LogP contribution in [0.25, 0.3) is 0 Å². The predicted octanol–water partition coefficient (Wildman–Crippen LogP) is -0.0225. The lowest BCUT2D eigenvalue weighted by atomic mass is 10.5. The Kier molecular flexibility index (Phi) is 3.25. The van der Waals surface area contributed by atoms with Crippen molar-refractivity contribution in [2.24, 2.45) is 5.73 Å². The second-order valence-corrected chi connectivity index (χ2v) is 3.01. The highest BCUT2D eigenvalue weighted by Gasteiger charge is 2.00. The molecule has 6 heteroatoms. The Morgan fingerprint density at radius 2 is 2.62 bits per heavy atom. The van der Waals surface area contributed by atoms with Crippen molar-refractivity contribution in [3.8, 4) is 11.8 Å². The number of anilines is 1. The lowest BCUT2D eigenvalue weighted by Crippen LogP contribution is -2.18. The zero-order valence-corrected chi connectivity index (χ0v) is 7.39. The minimum Gasteiger partial charge on any atom is -0.384 e. The highest BCUT2D eigenvalue weighted by molar-refractivity contribution is 7.16. The lowest BCUT2D eigenvalue weighted by Gasteiger charge is -1.91. The van der Waals surface area contributed by atoms with Gasteiger partial charge in [-0.25, -0.2) is 9.78 Å². The van der Waals surface area contributed by atoms with Crippen LogP contribution in [0, 0.1) is 11.8 Å². The number of rotatable bonds is 1. The molecular weight excluding hydrogens is 190 g/mol. The number of aliphatic hydroxyl groups is 1. The van der Waals surface area contributed by atoms with Crippen LogP contribution >= 0.6 is 11.3 Å². The van der Waals surface area contributed by atoms with Gasteiger partial charge in [0, 0.05) is 0 Å². The topological polar surface area (TPSA) is 88.2 Å². The van der Waals surface area contributed by atoms with E-state index in [1.54, 1.807) is 0 Å². The molecule has 0 radical (unpaired) electrons. The van der Waals surface area contributed by atoms with Crippen LogP contribution in [0.2, 0.25) is 0 Å². The molecule has 1 rings (SSSR count). The quantitative estimate of drug-likeness (QED) is 0.553. The fourth-order valence-corrected chi connectivity index (χ4v) is 1.32. The lowest BCUT2D eigenvalue weighted by molar-refractivity contribution is 0.259. The summed E-state index contributed by atoms with van der Waals surface area (Å²) in [6, 6.07) is -0.656. The summed E-state index contributed by atoms with van der Waals surface area (Å²) in [5, 5.41) is 11.1. The van der Waals surface area contributed by atoms with Gasteiger partial charge in [-0.05, 0) is 0 Å². The van der Waals surface area contributed by atoms with Gasteiger partial charge in [0.1, 0.15) is 6.61 Å². The molecule has 0 aliphatic heterocycles. The monoisotopic (exact) mass is 197 g/mol. The molecule has 0 saturated heterocycles. The largest absolute Gasteiger partial charge is 0.384 e. The molecule has 13 heavy (non-hydrogen) atoms. The third-order valence-electron chi connectivity index (χ3n) is 1.03. The fraction of sp³-hybridized carbons (Fsp3) is 0.143. The normalized spacial score (nSPS) is 8.69. The number of aliphatic hydroxyl groups excluding tert-OH is 1. The van der Waals surface area contributed by atoms with Crippen molar-refractivity contribution in [3.05, 3.63) is 11.1 Å². The first-order valence-electron chi connectivity index (χ1n) is 3.34. The van der Waals surface area contributed by atoms with E-state index in [-0.39, 0.29) is 6.61 Å². The molecule has 0 unspecified atom stereocenters. The zero-order chi connectivity index (χ0) is 9.68. The SMILES string of the molecule is NC(=O)Nc1ncc(C#CCO)s1. The molecule has 1 aromatic rings. The summed E-state index contributed by atoms with van der Waals surface area (Å²) in [6.07, 6.45) is 1.50. The number of carbonyl (C=O) groups excluding carboxylic acids is 1. The predicted molar refractivity (Wildman–Crippen MR) is 49.3 cm³/mol. The summed E-state index contributed by atoms with van der Waals surface area (Å²) in [6.45, 7) is -0.198. The van der Waals surface area contributed by atoms with Crippen molar-refractivity contribution < 1.29 is 9.90 Å². The molecular formula is C7H7N3O2S. The number of urea groups is 1. The number of hydrogen-bond acceptors (Lipinski definition) is 4. The van der Waals surface area contributed by atoms with Crippen LogP contribution in [-0.4, -0.2) is 22.7 Å². The van der Waals surface area contributed by atoms with Gasteiger partial charge in [0.25, 0.3) is 0 Å². The van der Waals surface area contributed by atoms with E-state index >= 15 is 0 Å². The third kappa shape index (κ3) is 3.11. The Balaban J connectivity index is 2.69. The first kappa shape index (κ1) is 9.51. The maximum absolute atomic E-state index is 10.4. The van der Waals surface area contributed by atoms with Crippen LogP contribution in [0.15, 0.2) is 6.20 Å². The smallest absolute Gasteiger partial charge is 0.318 e. The molecule has 0 aliphatic carbocycles. The van der Waals surface area contributed by atoms with Gasteiger partial charge in [-0.1, -0.05) is 23.2 Å². The second-order valence-electron chi connectivity index (χ2n) is 1.98. The van der Waals surface area contributed by atoms with Crippen molar-refractivity contribution in [1.82, 2.24) is 4.98 Å². The molecule has 0 aliphatic rings. The Labute approximate surface area is 78.6 Å². The number of primary amides is 1. The molecule has 5 nitrogen and oxygen atoms in total. The summed E-state index contributed by atoms with van der Waals surface area (Å²) in [5.74, 6) is 5.12. The maximum Gasteiger partial charge on any atom is 0.318 e. The summed E-state index contributed by atoms with van der Waals surface area (Å²) in [7, 11) is 0. The van der Waals surface area contributed by atoms with Gasteiger partial charge < -0.3 is 10.8 Å². The molecule has 68 valence electrons. The maximum atomic E-state index is 10.4. The molecule has 0 spiro atoms. The van der Waals surface area contributed by atoms with Crippen LogP contribution in [0.4, 0.5) is 9.93 Å². The minimum atomic E-state index is -0.656. The van der Waals surface area contributed by atoms with Gasteiger partial charge >= 0.3 is 6.03 Å². The van der Waals surface area contributed by atoms with E-state index in [0.29, 0.717) is 10.0 Å². The molecule has 0 saturated carbocycles. The molecule has 1 heterocycles. The number of nitrogens with one attached hydrogen (secondary N) is 1. The van der Waals surface area contributed by atoms with Crippen LogP contribution in [0.3, 0.4) is 0 Å². The van der Waals surface area contributed by atoms with E-state index in [1.807, 2.05) is 0 Å². The van der Waals surface area contributed by atoms with Crippen molar-refractivity contribution in [2.45, 2.75) is 0 Å². The Bertz CT molecular complexity index is 363. The first-order valence-corrected chi connectivity index (χ1v) is 4.16. The van der Waals surface area contributed by atoms with E-state index in [2.05, 4.69) is 22.1 Å². The van der Waals surface area contributed by atoms with Crippen molar-refractivity contribution in [3.63, 3.8) is 0 Å². The Morgan fingerprint density at radius 1 is 1.85 bits per heavy atom. The summed E-state index contributed by atoms with van der Waals surface area (Å²) in [4.78, 5) is 14.9. The van der Waals surface area contributed by atoms with Crippen LogP contribution < -0.4 is 11.1 Å². The highest BCUT2D eigenvalue weighted by Crippen LogP contribution is 2.16. The molecule has 4 N–H and O–H groups in total. The number of thiazole rings is 1. The van der Waals surface area contributed by atoms with E-state index in [1.165, 1.54) is 17.5 Å². The van der Waals surface area contributed by atoms with Crippen LogP contribution in [0.5, 0.6) is 0 Å². The molecule has 0 atom stereocenters. The van der Waals surface area contributed by atoms with Crippen molar-refractivity contribution in [1.29, 1.82) is 0 Å². The van der Waals surface area contributed by atoms with Gasteiger partial charge in [-0.3, -0.25) is 5.32 Å². The van der Waals surface area contributed by atoms with E-state index < -0.39 is 6.03 Å². The van der Waals surface area contributed by atoms with E-state index in [9.17, 15) is 4.79 Å². The second kappa shape index (κ2) is 4.45. The number of amides is 2. The van der Waals surface area contributed by atoms with Gasteiger partial charge in [0.15, 0.2) is 5.13 Å². The van der Waals surface area contributed by atoms with Gasteiger partial charge in [-0.2, -0.15) is 0 Å². The van der Waals surface area contributed by atoms with E-state index in [4.69, 9.17) is 10.8 Å². The standard InChI is InChI=1S/C7H7N3O2S/c8-6(12)10-7-9-4-5(13-7)2-1-3-11/h4,11H,3H2,(H3,8,9,10,12). The first-order chi connectivity index (χ1) is 6.22. The Morgan fingerprint density at radius 3 is 3.23 bits per heavy atom. The van der Waals surface area contributed by atoms with Crippen molar-refractivity contribution >= 4 is 22.5 Å². The van der Waals surface area contributed by atoms with Gasteiger partial charge in [0.2, 0.25) is 0 Å². The van der Waals surface area contributed by atoms with Gasteiger partial charge in [0.05, 0.1) is 11.1 Å². The average Bonchev–Trinajstić information content (AvgIpc) is 2.48. The molecule has 0 bridgehead atoms. The van der Waals surface area contributed by atoms with E-state index in [0.717, 1.165) is 0 Å². The summed E-state index contributed by atoms with van der Waals surface area (Å²) in [5.41, 5.74) is 4.87. The Hall–Kier alpha value is -1.58. The number of nitrogens with two attached hydrogens (primary N) is 1. The summed E-state index contributed by atoms with van der Waals surface area (Å²) < 4.78 is 0. The van der Waals surface area contributed by atoms with Crippen molar-refractivity contribution in [2.75, 3.05) is 11.9 Å². The number of hydrogen-bond donors (Lipinski definition) is 3. The zero-order valence-electron chi connectivity index (χ0n) is 6.57. The number of nitrogens with zero attached hydrogens (tertiary/aromatic N) is 1. The van der Waals surface area contributed by atoms with Crippen LogP contribution in [-0.2, 0) is 0 Å². The fourth-order valence-electron chi connectivity index (χ4n) is 0.622. The molecule has 0 fully saturated rings. The average molecular weight is 197 g/mol. The highest BCUT2D eigenvalue weighted by atomic mass is 32.1.